The molecule has 4 unspecified atom stereocenters. The average molecular weight is 700 g/mol. The fourth-order valence-electron chi connectivity index (χ4n) is 8.31. The molecule has 10 heteroatoms. The van der Waals surface area contributed by atoms with E-state index in [0.29, 0.717) is 12.5 Å². The zero-order chi connectivity index (χ0) is 36.4. The molecule has 0 spiro atoms. The second-order valence-electron chi connectivity index (χ2n) is 16.8. The van der Waals surface area contributed by atoms with Gasteiger partial charge in [-0.05, 0) is 120 Å². The van der Waals surface area contributed by atoms with Crippen molar-refractivity contribution in [3.05, 3.63) is 84.6 Å². The molecule has 2 aromatic heterocycles. The number of aromatic nitrogens is 4. The van der Waals surface area contributed by atoms with Crippen LogP contribution in [0.5, 0.6) is 0 Å². The predicted octanol–water partition coefficient (Wildman–Crippen LogP) is 9.39. The smallest absolute Gasteiger partial charge is 0.410 e. The lowest BCUT2D eigenvalue weighted by Gasteiger charge is -2.36. The Labute approximate surface area is 305 Å². The predicted molar refractivity (Wildman–Crippen MR) is 203 cm³/mol. The number of nitrogens with zero attached hydrogens (tertiary/aromatic N) is 4. The average Bonchev–Trinajstić information content (AvgIpc) is 3.94. The lowest BCUT2D eigenvalue weighted by atomic mass is 9.98. The number of likely N-dealkylation sites (tertiary alicyclic amines) is 2. The Morgan fingerprint density at radius 1 is 0.808 bits per heavy atom. The minimum Gasteiger partial charge on any atom is -0.444 e. The van der Waals surface area contributed by atoms with Gasteiger partial charge in [-0.25, -0.2) is 19.6 Å². The molecule has 10 nitrogen and oxygen atoms in total. The molecule has 2 bridgehead atoms. The SMILES string of the molecule is CC(C)(C)NC(=O)N1C2CCC(C2)C1c1ncc(-c2ccc(-c3ccc(-c4ccc5nc(C6CCCN6C(=O)OC(C)(C)C)[nH]c5c4)cc3)cc2)[nH]1. The lowest BCUT2D eigenvalue weighted by molar-refractivity contribution is 0.0219. The number of hydrogen-bond donors (Lipinski definition) is 3. The van der Waals surface area contributed by atoms with Gasteiger partial charge in [-0.3, -0.25) is 4.90 Å². The number of aromatic amines is 2. The first kappa shape index (κ1) is 34.0. The third kappa shape index (κ3) is 6.66. The minimum absolute atomic E-state index is 0.00142. The Morgan fingerprint density at radius 2 is 1.46 bits per heavy atom. The van der Waals surface area contributed by atoms with Crippen LogP contribution in [-0.4, -0.2) is 65.6 Å². The van der Waals surface area contributed by atoms with Crippen molar-refractivity contribution in [2.45, 2.75) is 103 Å². The van der Waals surface area contributed by atoms with Gasteiger partial charge < -0.3 is 24.9 Å². The number of rotatable bonds is 5. The molecular formula is C42H49N7O3. The van der Waals surface area contributed by atoms with Crippen LogP contribution in [0.4, 0.5) is 9.59 Å². The van der Waals surface area contributed by atoms with E-state index in [1.807, 2.05) is 58.7 Å². The standard InChI is InChI=1S/C42H49N7O3/c1-41(2,3)47-39(50)49-31-19-17-30(22-31)36(49)38-43-24-34(46-38)28-15-13-26(14-16-28)25-9-11-27(12-10-25)29-18-20-32-33(23-29)45-37(44-32)35-8-7-21-48(35)40(51)52-42(4,5)6/h9-16,18,20,23-24,30-31,35-36H,7-8,17,19,21-22H2,1-6H3,(H,43,46)(H,44,45)(H,47,50). The summed E-state index contributed by atoms with van der Waals surface area (Å²) in [6, 6.07) is 23.6. The number of H-pyrrole nitrogens is 2. The number of nitrogens with one attached hydrogen (secondary N) is 3. The summed E-state index contributed by atoms with van der Waals surface area (Å²) in [4.78, 5) is 46.8. The summed E-state index contributed by atoms with van der Waals surface area (Å²) in [5, 5.41) is 3.17. The molecule has 1 saturated carbocycles. The van der Waals surface area contributed by atoms with E-state index in [1.54, 1.807) is 4.90 Å². The number of hydrogen-bond acceptors (Lipinski definition) is 5. The van der Waals surface area contributed by atoms with Gasteiger partial charge in [0, 0.05) is 18.1 Å². The van der Waals surface area contributed by atoms with Crippen LogP contribution in [0.15, 0.2) is 72.9 Å². The number of amides is 3. The minimum atomic E-state index is -0.539. The molecule has 3 aromatic carbocycles. The van der Waals surface area contributed by atoms with Gasteiger partial charge in [-0.1, -0.05) is 54.6 Å². The van der Waals surface area contributed by atoms with Crippen molar-refractivity contribution in [3.63, 3.8) is 0 Å². The van der Waals surface area contributed by atoms with Crippen LogP contribution in [-0.2, 0) is 4.74 Å². The van der Waals surface area contributed by atoms with Gasteiger partial charge in [-0.15, -0.1) is 0 Å². The van der Waals surface area contributed by atoms with Gasteiger partial charge >= 0.3 is 12.1 Å². The molecule has 1 aliphatic carbocycles. The summed E-state index contributed by atoms with van der Waals surface area (Å²) in [6.07, 6.45) is 6.62. The summed E-state index contributed by atoms with van der Waals surface area (Å²) in [5.74, 6) is 2.11. The molecule has 5 aromatic rings. The first-order chi connectivity index (χ1) is 24.8. The van der Waals surface area contributed by atoms with Crippen LogP contribution in [0.1, 0.15) is 97.4 Å². The maximum Gasteiger partial charge on any atom is 0.410 e. The Hall–Kier alpha value is -5.12. The molecule has 270 valence electrons. The van der Waals surface area contributed by atoms with Crippen molar-refractivity contribution in [2.24, 2.45) is 5.92 Å². The fourth-order valence-corrected chi connectivity index (χ4v) is 8.31. The Bertz CT molecular complexity index is 2100. The van der Waals surface area contributed by atoms with Gasteiger partial charge in [-0.2, -0.15) is 0 Å². The van der Waals surface area contributed by atoms with E-state index in [-0.39, 0.29) is 35.8 Å². The molecule has 2 aliphatic heterocycles. The number of piperidine rings is 1. The summed E-state index contributed by atoms with van der Waals surface area (Å²) in [5.41, 5.74) is 7.51. The highest BCUT2D eigenvalue weighted by molar-refractivity contribution is 5.83. The van der Waals surface area contributed by atoms with E-state index in [2.05, 4.69) is 75.9 Å². The van der Waals surface area contributed by atoms with Crippen LogP contribution in [0.25, 0.3) is 44.5 Å². The quantitative estimate of drug-likeness (QED) is 0.169. The molecule has 3 fully saturated rings. The maximum atomic E-state index is 13.3. The van der Waals surface area contributed by atoms with Crippen LogP contribution < -0.4 is 5.32 Å². The van der Waals surface area contributed by atoms with E-state index in [4.69, 9.17) is 14.7 Å². The summed E-state index contributed by atoms with van der Waals surface area (Å²) >= 11 is 0. The monoisotopic (exact) mass is 699 g/mol. The second kappa shape index (κ2) is 12.8. The van der Waals surface area contributed by atoms with Crippen LogP contribution in [0, 0.1) is 5.92 Å². The van der Waals surface area contributed by atoms with Crippen LogP contribution >= 0.6 is 0 Å². The molecule has 52 heavy (non-hydrogen) atoms. The van der Waals surface area contributed by atoms with Gasteiger partial charge in [0.05, 0.1) is 35.0 Å². The van der Waals surface area contributed by atoms with Crippen molar-refractivity contribution < 1.29 is 14.3 Å². The van der Waals surface area contributed by atoms with Gasteiger partial charge in [0.1, 0.15) is 17.2 Å². The number of carbonyl (C=O) groups excluding carboxylic acids is 2. The number of fused-ring (bicyclic) bond motifs is 3. The van der Waals surface area contributed by atoms with Crippen molar-refractivity contribution >= 4 is 23.2 Å². The highest BCUT2D eigenvalue weighted by Crippen LogP contribution is 2.50. The van der Waals surface area contributed by atoms with Gasteiger partial charge in [0.25, 0.3) is 0 Å². The zero-order valence-corrected chi connectivity index (χ0v) is 31.0. The van der Waals surface area contributed by atoms with E-state index in [1.165, 1.54) is 0 Å². The molecule has 4 atom stereocenters. The van der Waals surface area contributed by atoms with Gasteiger partial charge in [0.2, 0.25) is 0 Å². The van der Waals surface area contributed by atoms with Crippen molar-refractivity contribution in [2.75, 3.05) is 6.54 Å². The van der Waals surface area contributed by atoms with Crippen molar-refractivity contribution in [1.29, 1.82) is 0 Å². The summed E-state index contributed by atoms with van der Waals surface area (Å²) < 4.78 is 5.67. The number of urea groups is 1. The third-order valence-electron chi connectivity index (χ3n) is 10.6. The van der Waals surface area contributed by atoms with E-state index >= 15 is 0 Å². The Morgan fingerprint density at radius 3 is 2.13 bits per heavy atom. The highest BCUT2D eigenvalue weighted by atomic mass is 16.6. The maximum absolute atomic E-state index is 13.3. The Kier molecular flexibility index (Phi) is 8.38. The fraction of sp³-hybridized carbons (Fsp3) is 0.429. The number of ether oxygens (including phenoxy) is 1. The lowest BCUT2D eigenvalue weighted by Crippen LogP contribution is -2.51. The first-order valence-electron chi connectivity index (χ1n) is 18.7. The van der Waals surface area contributed by atoms with Gasteiger partial charge in [0.15, 0.2) is 0 Å². The zero-order valence-electron chi connectivity index (χ0n) is 31.0. The normalized spacial score (nSPS) is 21.7. The molecule has 8 rings (SSSR count). The summed E-state index contributed by atoms with van der Waals surface area (Å²) in [6.45, 7) is 12.4. The van der Waals surface area contributed by atoms with Crippen LogP contribution in [0.2, 0.25) is 0 Å². The molecule has 3 aliphatic rings. The second-order valence-corrected chi connectivity index (χ2v) is 16.8. The van der Waals surface area contributed by atoms with Crippen LogP contribution in [0.3, 0.4) is 0 Å². The first-order valence-corrected chi connectivity index (χ1v) is 18.7. The highest BCUT2D eigenvalue weighted by Gasteiger charge is 2.50. The van der Waals surface area contributed by atoms with E-state index in [0.717, 1.165) is 88.3 Å². The largest absolute Gasteiger partial charge is 0.444 e. The third-order valence-corrected chi connectivity index (χ3v) is 10.6. The van der Waals surface area contributed by atoms with E-state index in [9.17, 15) is 9.59 Å². The number of carbonyl (C=O) groups is 2. The van der Waals surface area contributed by atoms with E-state index < -0.39 is 5.60 Å². The molecule has 0 radical (unpaired) electrons. The summed E-state index contributed by atoms with van der Waals surface area (Å²) in [7, 11) is 0. The van der Waals surface area contributed by atoms with Crippen molar-refractivity contribution in [3.8, 4) is 33.5 Å². The molecule has 3 N–H and O–H groups in total. The topological polar surface area (TPSA) is 119 Å². The number of benzene rings is 3. The number of imidazole rings is 2. The molecule has 3 amide bonds. The molecular weight excluding hydrogens is 651 g/mol. The molecule has 2 saturated heterocycles. The Balaban J connectivity index is 0.954. The molecule has 4 heterocycles. The van der Waals surface area contributed by atoms with Crippen molar-refractivity contribution in [1.82, 2.24) is 35.1 Å².